The van der Waals surface area contributed by atoms with Gasteiger partial charge in [0.15, 0.2) is 5.78 Å². The normalized spacial score (nSPS) is 10.5. The van der Waals surface area contributed by atoms with E-state index in [2.05, 4.69) is 15.3 Å². The van der Waals surface area contributed by atoms with Crippen molar-refractivity contribution < 1.29 is 9.59 Å². The maximum absolute atomic E-state index is 12.1. The van der Waals surface area contributed by atoms with Gasteiger partial charge in [0.25, 0.3) is 0 Å². The van der Waals surface area contributed by atoms with E-state index in [1.165, 1.54) is 6.33 Å². The molecule has 5 heteroatoms. The summed E-state index contributed by atoms with van der Waals surface area (Å²) >= 11 is 0. The first-order valence-electron chi connectivity index (χ1n) is 9.37. The predicted octanol–water partition coefficient (Wildman–Crippen LogP) is 4.83. The van der Waals surface area contributed by atoms with E-state index in [-0.39, 0.29) is 11.7 Å². The van der Waals surface area contributed by atoms with Crippen LogP contribution in [0, 0.1) is 6.92 Å². The van der Waals surface area contributed by atoms with Crippen molar-refractivity contribution in [3.63, 3.8) is 0 Å². The first kappa shape index (κ1) is 19.4. The summed E-state index contributed by atoms with van der Waals surface area (Å²) in [6.07, 6.45) is 7.24. The number of hydrogen-bond acceptors (Lipinski definition) is 4. The highest BCUT2D eigenvalue weighted by molar-refractivity contribution is 5.96. The molecule has 0 fully saturated rings. The van der Waals surface area contributed by atoms with Crippen LogP contribution in [-0.2, 0) is 4.79 Å². The van der Waals surface area contributed by atoms with Gasteiger partial charge in [0.1, 0.15) is 6.33 Å². The summed E-state index contributed by atoms with van der Waals surface area (Å²) in [5, 5.41) is 2.89. The van der Waals surface area contributed by atoms with Crippen LogP contribution >= 0.6 is 0 Å². The van der Waals surface area contributed by atoms with Gasteiger partial charge in [-0.1, -0.05) is 42.0 Å². The predicted molar refractivity (Wildman–Crippen MR) is 110 cm³/mol. The largest absolute Gasteiger partial charge is 0.326 e. The average molecular weight is 373 g/mol. The van der Waals surface area contributed by atoms with Gasteiger partial charge >= 0.3 is 0 Å². The fraction of sp³-hybridized carbons (Fsp3) is 0.217. The maximum Gasteiger partial charge on any atom is 0.224 e. The molecule has 1 amide bonds. The summed E-state index contributed by atoms with van der Waals surface area (Å²) in [5.74, 6) is 0.0828. The summed E-state index contributed by atoms with van der Waals surface area (Å²) in [5.41, 5.74) is 4.55. The SMILES string of the molecule is Cc1ccc(C(=O)CCCCC(=O)Nc2ccc(-c3cncnc3)cc2)cc1. The molecular weight excluding hydrogens is 350 g/mol. The van der Waals surface area contributed by atoms with Gasteiger partial charge in [0.05, 0.1) is 0 Å². The van der Waals surface area contributed by atoms with Crippen molar-refractivity contribution in [2.24, 2.45) is 0 Å². The standard InChI is InChI=1S/C23H23N3O2/c1-17-6-8-19(9-7-17)22(27)4-2-3-5-23(28)26-21-12-10-18(11-13-21)20-14-24-16-25-15-20/h6-16H,2-5H2,1H3,(H,26,28). The first-order valence-corrected chi connectivity index (χ1v) is 9.37. The van der Waals surface area contributed by atoms with E-state index in [1.807, 2.05) is 55.5 Å². The third-order valence-corrected chi connectivity index (χ3v) is 4.49. The van der Waals surface area contributed by atoms with Crippen LogP contribution in [0.1, 0.15) is 41.6 Å². The quantitative estimate of drug-likeness (QED) is 0.453. The fourth-order valence-electron chi connectivity index (χ4n) is 2.87. The molecule has 0 bridgehead atoms. The van der Waals surface area contributed by atoms with Crippen molar-refractivity contribution >= 4 is 17.4 Å². The van der Waals surface area contributed by atoms with Crippen LogP contribution in [0.3, 0.4) is 0 Å². The van der Waals surface area contributed by atoms with Gasteiger partial charge in [0.2, 0.25) is 5.91 Å². The molecule has 3 rings (SSSR count). The molecule has 0 saturated heterocycles. The molecule has 0 aliphatic carbocycles. The summed E-state index contributed by atoms with van der Waals surface area (Å²) in [6.45, 7) is 2.00. The summed E-state index contributed by atoms with van der Waals surface area (Å²) in [6, 6.07) is 15.2. The smallest absolute Gasteiger partial charge is 0.224 e. The van der Waals surface area contributed by atoms with Gasteiger partial charge in [-0.25, -0.2) is 9.97 Å². The van der Waals surface area contributed by atoms with Crippen molar-refractivity contribution in [2.45, 2.75) is 32.6 Å². The first-order chi connectivity index (χ1) is 13.6. The minimum Gasteiger partial charge on any atom is -0.326 e. The number of carbonyl (C=O) groups excluding carboxylic acids is 2. The van der Waals surface area contributed by atoms with Crippen LogP contribution in [0.2, 0.25) is 0 Å². The van der Waals surface area contributed by atoms with Crippen LogP contribution in [0.4, 0.5) is 5.69 Å². The van der Waals surface area contributed by atoms with Crippen LogP contribution in [-0.4, -0.2) is 21.7 Å². The molecule has 0 radical (unpaired) electrons. The Morgan fingerprint density at radius 2 is 1.46 bits per heavy atom. The van der Waals surface area contributed by atoms with Gasteiger partial charge in [-0.2, -0.15) is 0 Å². The number of amides is 1. The van der Waals surface area contributed by atoms with Crippen molar-refractivity contribution in [1.29, 1.82) is 0 Å². The van der Waals surface area contributed by atoms with Crippen LogP contribution in [0.25, 0.3) is 11.1 Å². The number of rotatable bonds is 8. The zero-order chi connectivity index (χ0) is 19.8. The Bertz CT molecular complexity index is 920. The lowest BCUT2D eigenvalue weighted by Crippen LogP contribution is -2.11. The Labute approximate surface area is 164 Å². The summed E-state index contributed by atoms with van der Waals surface area (Å²) in [7, 11) is 0. The van der Waals surface area contributed by atoms with Gasteiger partial charge in [-0.05, 0) is 37.5 Å². The van der Waals surface area contributed by atoms with Gasteiger partial charge < -0.3 is 5.32 Å². The number of Topliss-reactive ketones (excluding diaryl/α,β-unsaturated/α-hetero) is 1. The van der Waals surface area contributed by atoms with Crippen LogP contribution in [0.5, 0.6) is 0 Å². The number of anilines is 1. The van der Waals surface area contributed by atoms with E-state index >= 15 is 0 Å². The maximum atomic E-state index is 12.1. The Hall–Kier alpha value is -3.34. The zero-order valence-electron chi connectivity index (χ0n) is 15.9. The van der Waals surface area contributed by atoms with Gasteiger partial charge in [-0.3, -0.25) is 9.59 Å². The van der Waals surface area contributed by atoms with Crippen molar-refractivity contribution in [1.82, 2.24) is 9.97 Å². The molecule has 1 heterocycles. The zero-order valence-corrected chi connectivity index (χ0v) is 15.9. The van der Waals surface area contributed by atoms with E-state index in [9.17, 15) is 9.59 Å². The van der Waals surface area contributed by atoms with E-state index < -0.39 is 0 Å². The van der Waals surface area contributed by atoms with E-state index in [0.29, 0.717) is 25.7 Å². The number of aryl methyl sites for hydroxylation is 1. The fourth-order valence-corrected chi connectivity index (χ4v) is 2.87. The number of unbranched alkanes of at least 4 members (excludes halogenated alkanes) is 1. The highest BCUT2D eigenvalue weighted by Crippen LogP contribution is 2.20. The Kier molecular flexibility index (Phi) is 6.63. The van der Waals surface area contributed by atoms with Crippen molar-refractivity contribution in [3.8, 4) is 11.1 Å². The second-order valence-corrected chi connectivity index (χ2v) is 6.75. The highest BCUT2D eigenvalue weighted by atomic mass is 16.1. The third kappa shape index (κ3) is 5.58. The molecular formula is C23H23N3O2. The average Bonchev–Trinajstić information content (AvgIpc) is 2.73. The number of nitrogens with zero attached hydrogens (tertiary/aromatic N) is 2. The molecule has 0 aliphatic rings. The van der Waals surface area contributed by atoms with Gasteiger partial charge in [-0.15, -0.1) is 0 Å². The molecule has 0 aliphatic heterocycles. The van der Waals surface area contributed by atoms with Crippen LogP contribution in [0.15, 0.2) is 67.3 Å². The Morgan fingerprint density at radius 1 is 0.821 bits per heavy atom. The number of hydrogen-bond donors (Lipinski definition) is 1. The lowest BCUT2D eigenvalue weighted by molar-refractivity contribution is -0.116. The topological polar surface area (TPSA) is 72.0 Å². The lowest BCUT2D eigenvalue weighted by atomic mass is 10.0. The van der Waals surface area contributed by atoms with Crippen molar-refractivity contribution in [3.05, 3.63) is 78.4 Å². The summed E-state index contributed by atoms with van der Waals surface area (Å²) in [4.78, 5) is 32.2. The van der Waals surface area contributed by atoms with E-state index in [1.54, 1.807) is 12.4 Å². The van der Waals surface area contributed by atoms with Gasteiger partial charge in [0, 0.05) is 42.0 Å². The van der Waals surface area contributed by atoms with E-state index in [4.69, 9.17) is 0 Å². The molecule has 142 valence electrons. The molecule has 0 spiro atoms. The molecule has 1 N–H and O–H groups in total. The number of aromatic nitrogens is 2. The third-order valence-electron chi connectivity index (χ3n) is 4.49. The monoisotopic (exact) mass is 373 g/mol. The molecule has 0 unspecified atom stereocenters. The molecule has 0 saturated carbocycles. The Morgan fingerprint density at radius 3 is 2.14 bits per heavy atom. The minimum atomic E-state index is -0.0430. The second kappa shape index (κ2) is 9.55. The molecule has 3 aromatic rings. The highest BCUT2D eigenvalue weighted by Gasteiger charge is 2.07. The number of benzene rings is 2. The minimum absolute atomic E-state index is 0.0430. The lowest BCUT2D eigenvalue weighted by Gasteiger charge is -2.07. The molecule has 28 heavy (non-hydrogen) atoms. The molecule has 0 atom stereocenters. The molecule has 1 aromatic heterocycles. The van der Waals surface area contributed by atoms with E-state index in [0.717, 1.165) is 27.9 Å². The number of carbonyl (C=O) groups is 2. The van der Waals surface area contributed by atoms with Crippen molar-refractivity contribution in [2.75, 3.05) is 5.32 Å². The number of nitrogens with one attached hydrogen (secondary N) is 1. The Balaban J connectivity index is 1.41. The van der Waals surface area contributed by atoms with Crippen LogP contribution < -0.4 is 5.32 Å². The second-order valence-electron chi connectivity index (χ2n) is 6.75. The molecule has 2 aromatic carbocycles. The number of ketones is 1. The molecule has 5 nitrogen and oxygen atoms in total. The summed E-state index contributed by atoms with van der Waals surface area (Å²) < 4.78 is 0.